The fourth-order valence-corrected chi connectivity index (χ4v) is 4.40. The third kappa shape index (κ3) is 5.09. The molecule has 0 radical (unpaired) electrons. The van der Waals surface area contributed by atoms with Gasteiger partial charge in [-0.25, -0.2) is 8.42 Å². The summed E-state index contributed by atoms with van der Waals surface area (Å²) in [6, 6.07) is 16.2. The number of halogens is 2. The normalized spacial score (nSPS) is 11.2. The fraction of sp³-hybridized carbons (Fsp3) is 0.0952. The SMILES string of the molecule is Cc1cccc(NS(=O)(=O)c2cc(C(=O)Nc3cc(Cl)ccc3Cl)ccc2C)c1. The molecule has 0 aliphatic heterocycles. The van der Waals surface area contributed by atoms with Crippen molar-refractivity contribution in [1.29, 1.82) is 0 Å². The van der Waals surface area contributed by atoms with Gasteiger partial charge >= 0.3 is 0 Å². The van der Waals surface area contributed by atoms with E-state index in [-0.39, 0.29) is 10.5 Å². The molecule has 0 unspecified atom stereocenters. The van der Waals surface area contributed by atoms with Crippen LogP contribution in [0.2, 0.25) is 10.0 Å². The van der Waals surface area contributed by atoms with Gasteiger partial charge in [-0.15, -0.1) is 0 Å². The van der Waals surface area contributed by atoms with Crippen molar-refractivity contribution in [1.82, 2.24) is 0 Å². The number of anilines is 2. The monoisotopic (exact) mass is 448 g/mol. The van der Waals surface area contributed by atoms with Crippen molar-refractivity contribution in [3.63, 3.8) is 0 Å². The van der Waals surface area contributed by atoms with Crippen molar-refractivity contribution in [2.75, 3.05) is 10.0 Å². The minimum Gasteiger partial charge on any atom is -0.321 e. The average Bonchev–Trinajstić information content (AvgIpc) is 2.64. The van der Waals surface area contributed by atoms with Crippen LogP contribution in [0.1, 0.15) is 21.5 Å². The van der Waals surface area contributed by atoms with Crippen molar-refractivity contribution in [3.05, 3.63) is 87.4 Å². The molecule has 5 nitrogen and oxygen atoms in total. The molecule has 0 spiro atoms. The third-order valence-electron chi connectivity index (χ3n) is 4.19. The molecule has 29 heavy (non-hydrogen) atoms. The molecule has 8 heteroatoms. The van der Waals surface area contributed by atoms with Crippen LogP contribution in [0.4, 0.5) is 11.4 Å². The molecular weight excluding hydrogens is 431 g/mol. The Morgan fingerprint density at radius 3 is 2.41 bits per heavy atom. The number of sulfonamides is 1. The van der Waals surface area contributed by atoms with Gasteiger partial charge in [0.1, 0.15) is 0 Å². The number of rotatable bonds is 5. The summed E-state index contributed by atoms with van der Waals surface area (Å²) in [6.45, 7) is 3.54. The number of hydrogen-bond acceptors (Lipinski definition) is 3. The lowest BCUT2D eigenvalue weighted by molar-refractivity contribution is 0.102. The zero-order valence-electron chi connectivity index (χ0n) is 15.7. The molecule has 1 amide bonds. The molecule has 0 aromatic heterocycles. The number of carbonyl (C=O) groups excluding carboxylic acids is 1. The average molecular weight is 449 g/mol. The molecule has 0 fully saturated rings. The van der Waals surface area contributed by atoms with Crippen LogP contribution in [0, 0.1) is 13.8 Å². The lowest BCUT2D eigenvalue weighted by Gasteiger charge is -2.13. The summed E-state index contributed by atoms with van der Waals surface area (Å²) in [7, 11) is -3.88. The number of nitrogens with one attached hydrogen (secondary N) is 2. The maximum absolute atomic E-state index is 12.9. The molecule has 0 aliphatic carbocycles. The highest BCUT2D eigenvalue weighted by Gasteiger charge is 2.20. The van der Waals surface area contributed by atoms with Gasteiger partial charge in [0.25, 0.3) is 15.9 Å². The van der Waals surface area contributed by atoms with Crippen LogP contribution in [0.25, 0.3) is 0 Å². The first-order valence-electron chi connectivity index (χ1n) is 8.62. The van der Waals surface area contributed by atoms with Gasteiger partial charge in [0.05, 0.1) is 15.6 Å². The van der Waals surface area contributed by atoms with Crippen LogP contribution in [0.5, 0.6) is 0 Å². The van der Waals surface area contributed by atoms with Gasteiger partial charge in [0.2, 0.25) is 0 Å². The Kier molecular flexibility index (Phi) is 6.17. The molecule has 0 saturated carbocycles. The first-order chi connectivity index (χ1) is 13.7. The zero-order chi connectivity index (χ0) is 21.2. The molecule has 3 aromatic carbocycles. The van der Waals surface area contributed by atoms with Crippen LogP contribution in [0.3, 0.4) is 0 Å². The van der Waals surface area contributed by atoms with Crippen LogP contribution in [0.15, 0.2) is 65.6 Å². The summed E-state index contributed by atoms with van der Waals surface area (Å²) in [5, 5.41) is 3.39. The smallest absolute Gasteiger partial charge is 0.262 e. The van der Waals surface area contributed by atoms with Crippen LogP contribution in [-0.4, -0.2) is 14.3 Å². The standard InChI is InChI=1S/C21H18Cl2N2O3S/c1-13-4-3-5-17(10-13)25-29(27,28)20-11-15(7-6-14(20)2)21(26)24-19-12-16(22)8-9-18(19)23/h3-12,25H,1-2H3,(H,24,26). The minimum absolute atomic E-state index is 0.0175. The maximum Gasteiger partial charge on any atom is 0.262 e. The van der Waals surface area contributed by atoms with Crippen molar-refractivity contribution in [2.45, 2.75) is 18.7 Å². The Bertz CT molecular complexity index is 1190. The van der Waals surface area contributed by atoms with Gasteiger partial charge in [-0.3, -0.25) is 9.52 Å². The topological polar surface area (TPSA) is 75.3 Å². The molecule has 2 N–H and O–H groups in total. The second kappa shape index (κ2) is 8.45. The Morgan fingerprint density at radius 2 is 1.69 bits per heavy atom. The molecule has 0 atom stereocenters. The summed E-state index contributed by atoms with van der Waals surface area (Å²) in [5.41, 5.74) is 2.41. The number of benzene rings is 3. The molecule has 0 bridgehead atoms. The Balaban J connectivity index is 1.91. The van der Waals surface area contributed by atoms with E-state index in [2.05, 4.69) is 10.0 Å². The summed E-state index contributed by atoms with van der Waals surface area (Å²) in [4.78, 5) is 12.7. The second-order valence-corrected chi connectivity index (χ2v) is 9.03. The van der Waals surface area contributed by atoms with E-state index in [0.29, 0.717) is 27.0 Å². The third-order valence-corrected chi connectivity index (χ3v) is 6.27. The van der Waals surface area contributed by atoms with E-state index in [4.69, 9.17) is 23.2 Å². The summed E-state index contributed by atoms with van der Waals surface area (Å²) < 4.78 is 28.3. The van der Waals surface area contributed by atoms with Crippen LogP contribution >= 0.6 is 23.2 Å². The van der Waals surface area contributed by atoms with E-state index in [1.807, 2.05) is 13.0 Å². The van der Waals surface area contributed by atoms with E-state index < -0.39 is 15.9 Å². The Hall–Kier alpha value is -2.54. The minimum atomic E-state index is -3.88. The van der Waals surface area contributed by atoms with Crippen molar-refractivity contribution >= 4 is 50.5 Å². The number of hydrogen-bond donors (Lipinski definition) is 2. The van der Waals surface area contributed by atoms with E-state index in [1.165, 1.54) is 12.1 Å². The highest BCUT2D eigenvalue weighted by molar-refractivity contribution is 7.92. The first kappa shape index (κ1) is 21.2. The number of amides is 1. The largest absolute Gasteiger partial charge is 0.321 e. The predicted molar refractivity (Wildman–Crippen MR) is 118 cm³/mol. The first-order valence-corrected chi connectivity index (χ1v) is 10.9. The predicted octanol–water partition coefficient (Wildman–Crippen LogP) is 5.66. The quantitative estimate of drug-likeness (QED) is 0.528. The molecule has 3 rings (SSSR count). The zero-order valence-corrected chi connectivity index (χ0v) is 18.0. The Labute approximate surface area is 179 Å². The van der Waals surface area contributed by atoms with E-state index in [0.717, 1.165) is 5.56 Å². The Morgan fingerprint density at radius 1 is 0.931 bits per heavy atom. The maximum atomic E-state index is 12.9. The van der Waals surface area contributed by atoms with Gasteiger partial charge in [0.15, 0.2) is 0 Å². The highest BCUT2D eigenvalue weighted by atomic mass is 35.5. The van der Waals surface area contributed by atoms with E-state index >= 15 is 0 Å². The highest BCUT2D eigenvalue weighted by Crippen LogP contribution is 2.27. The van der Waals surface area contributed by atoms with Gasteiger partial charge in [-0.05, 0) is 67.4 Å². The number of aryl methyl sites for hydroxylation is 2. The molecule has 0 aliphatic rings. The molecule has 0 saturated heterocycles. The summed E-state index contributed by atoms with van der Waals surface area (Å²) >= 11 is 12.0. The van der Waals surface area contributed by atoms with Gasteiger partial charge in [-0.2, -0.15) is 0 Å². The van der Waals surface area contributed by atoms with Crippen molar-refractivity contribution < 1.29 is 13.2 Å². The van der Waals surface area contributed by atoms with Gasteiger partial charge in [-0.1, -0.05) is 41.4 Å². The molecule has 3 aromatic rings. The summed E-state index contributed by atoms with van der Waals surface area (Å²) in [6.07, 6.45) is 0. The van der Waals surface area contributed by atoms with Gasteiger partial charge < -0.3 is 5.32 Å². The number of carbonyl (C=O) groups is 1. The lowest BCUT2D eigenvalue weighted by Crippen LogP contribution is -2.17. The second-order valence-electron chi connectivity index (χ2n) is 6.53. The molecule has 0 heterocycles. The van der Waals surface area contributed by atoms with Crippen molar-refractivity contribution in [2.24, 2.45) is 0 Å². The fourth-order valence-electron chi connectivity index (χ4n) is 2.74. The van der Waals surface area contributed by atoms with Crippen LogP contribution < -0.4 is 10.0 Å². The van der Waals surface area contributed by atoms with E-state index in [9.17, 15) is 13.2 Å². The summed E-state index contributed by atoms with van der Waals surface area (Å²) in [5.74, 6) is -0.499. The van der Waals surface area contributed by atoms with Crippen LogP contribution in [-0.2, 0) is 10.0 Å². The van der Waals surface area contributed by atoms with Crippen molar-refractivity contribution in [3.8, 4) is 0 Å². The van der Waals surface area contributed by atoms with Gasteiger partial charge in [0, 0.05) is 16.3 Å². The molecule has 150 valence electrons. The lowest BCUT2D eigenvalue weighted by atomic mass is 10.1. The molecular formula is C21H18Cl2N2O3S. The van der Waals surface area contributed by atoms with E-state index in [1.54, 1.807) is 49.4 Å².